The number of aliphatic hydroxyl groups is 1. The van der Waals surface area contributed by atoms with Gasteiger partial charge in [0.2, 0.25) is 0 Å². The maximum absolute atomic E-state index is 11.5. The lowest BCUT2D eigenvalue weighted by Crippen LogP contribution is -2.33. The zero-order valence-electron chi connectivity index (χ0n) is 10.1. The Hall–Kier alpha value is -0.130. The Morgan fingerprint density at radius 3 is 2.20 bits per heavy atom. The Balaban J connectivity index is 3.90. The smallest absolute Gasteiger partial charge is 0.152 e. The van der Waals surface area contributed by atoms with Crippen LogP contribution in [0.1, 0.15) is 27.2 Å². The third-order valence-electron chi connectivity index (χ3n) is 2.67. The normalized spacial score (nSPS) is 14.9. The van der Waals surface area contributed by atoms with E-state index in [2.05, 4.69) is 0 Å². The third-order valence-corrected chi connectivity index (χ3v) is 4.97. The van der Waals surface area contributed by atoms with Crippen LogP contribution in [-0.4, -0.2) is 55.7 Å². The van der Waals surface area contributed by atoms with Gasteiger partial charge < -0.3 is 10.0 Å². The minimum Gasteiger partial charge on any atom is -0.395 e. The first kappa shape index (κ1) is 14.9. The minimum atomic E-state index is -2.92. The first-order chi connectivity index (χ1) is 6.81. The van der Waals surface area contributed by atoms with Gasteiger partial charge in [-0.25, -0.2) is 8.42 Å². The topological polar surface area (TPSA) is 57.6 Å². The van der Waals surface area contributed by atoms with Crippen LogP contribution in [0.2, 0.25) is 0 Å². The van der Waals surface area contributed by atoms with Crippen LogP contribution in [0.3, 0.4) is 0 Å². The predicted octanol–water partition coefficient (Wildman–Crippen LogP) is 0.512. The molecule has 0 aliphatic carbocycles. The number of hydrogen-bond donors (Lipinski definition) is 1. The van der Waals surface area contributed by atoms with Crippen LogP contribution >= 0.6 is 0 Å². The summed E-state index contributed by atoms with van der Waals surface area (Å²) in [5.74, 6) is 0.229. The number of aliphatic hydroxyl groups excluding tert-OH is 1. The highest BCUT2D eigenvalue weighted by Crippen LogP contribution is 2.04. The van der Waals surface area contributed by atoms with Crippen LogP contribution in [0, 0.1) is 0 Å². The van der Waals surface area contributed by atoms with Gasteiger partial charge in [-0.1, -0.05) is 0 Å². The molecule has 0 aliphatic heterocycles. The van der Waals surface area contributed by atoms with E-state index < -0.39 is 9.84 Å². The van der Waals surface area contributed by atoms with Crippen molar-refractivity contribution in [2.45, 2.75) is 38.5 Å². The molecule has 0 rings (SSSR count). The van der Waals surface area contributed by atoms with E-state index >= 15 is 0 Å². The second-order valence-electron chi connectivity index (χ2n) is 4.28. The number of likely N-dealkylation sites (N-methyl/N-ethyl adjacent to an activating group) is 1. The van der Waals surface area contributed by atoms with Crippen molar-refractivity contribution >= 4 is 9.84 Å². The summed E-state index contributed by atoms with van der Waals surface area (Å²) in [6.45, 7) is 6.13. The van der Waals surface area contributed by atoms with Crippen LogP contribution in [0.15, 0.2) is 0 Å². The van der Waals surface area contributed by atoms with Crippen LogP contribution in [0.5, 0.6) is 0 Å². The summed E-state index contributed by atoms with van der Waals surface area (Å²) < 4.78 is 23.0. The zero-order valence-corrected chi connectivity index (χ0v) is 10.9. The van der Waals surface area contributed by atoms with Crippen molar-refractivity contribution < 1.29 is 13.5 Å². The molecule has 0 amide bonds. The number of sulfone groups is 1. The highest BCUT2D eigenvalue weighted by molar-refractivity contribution is 7.91. The van der Waals surface area contributed by atoms with E-state index in [0.717, 1.165) is 0 Å². The molecule has 0 aromatic rings. The van der Waals surface area contributed by atoms with Crippen LogP contribution < -0.4 is 0 Å². The second kappa shape index (κ2) is 6.45. The summed E-state index contributed by atoms with van der Waals surface area (Å²) in [5.41, 5.74) is 0. The van der Waals surface area contributed by atoms with Crippen molar-refractivity contribution in [1.29, 1.82) is 0 Å². The quantitative estimate of drug-likeness (QED) is 0.701. The molecule has 1 N–H and O–H groups in total. The molecule has 0 saturated heterocycles. The average Bonchev–Trinajstić information content (AvgIpc) is 2.15. The molecule has 0 heterocycles. The Bertz CT molecular complexity index is 262. The fourth-order valence-corrected chi connectivity index (χ4v) is 2.11. The van der Waals surface area contributed by atoms with Gasteiger partial charge in [-0.2, -0.15) is 0 Å². The molecule has 0 aromatic carbocycles. The Morgan fingerprint density at radius 1 is 1.27 bits per heavy atom. The summed E-state index contributed by atoms with van der Waals surface area (Å²) in [7, 11) is -1.02. The number of nitrogens with zero attached hydrogens (tertiary/aromatic N) is 1. The first-order valence-electron chi connectivity index (χ1n) is 5.34. The van der Waals surface area contributed by atoms with Crippen molar-refractivity contribution in [3.05, 3.63) is 0 Å². The summed E-state index contributed by atoms with van der Waals surface area (Å²) in [6, 6.07) is 0.0896. The molecular formula is C10H23NO3S. The summed E-state index contributed by atoms with van der Waals surface area (Å²) >= 11 is 0. The molecule has 4 nitrogen and oxygen atoms in total. The van der Waals surface area contributed by atoms with Crippen molar-refractivity contribution in [3.8, 4) is 0 Å². The molecule has 0 aromatic heterocycles. The number of hydrogen-bond acceptors (Lipinski definition) is 4. The fraction of sp³-hybridized carbons (Fsp3) is 1.00. The average molecular weight is 237 g/mol. The van der Waals surface area contributed by atoms with E-state index in [1.165, 1.54) is 0 Å². The minimum absolute atomic E-state index is 0.0896. The molecule has 0 aliphatic rings. The summed E-state index contributed by atoms with van der Waals surface area (Å²) in [4.78, 5) is 1.97. The lowest BCUT2D eigenvalue weighted by molar-refractivity contribution is 0.159. The molecule has 0 radical (unpaired) electrons. The van der Waals surface area contributed by atoms with Gasteiger partial charge in [-0.15, -0.1) is 0 Å². The van der Waals surface area contributed by atoms with E-state index in [1.807, 2.05) is 18.9 Å². The summed E-state index contributed by atoms with van der Waals surface area (Å²) in [6.07, 6.45) is 0.626. The van der Waals surface area contributed by atoms with E-state index in [0.29, 0.717) is 13.0 Å². The third kappa shape index (κ3) is 5.49. The van der Waals surface area contributed by atoms with E-state index in [9.17, 15) is 8.42 Å². The van der Waals surface area contributed by atoms with Gasteiger partial charge in [0.05, 0.1) is 17.6 Å². The van der Waals surface area contributed by atoms with Crippen LogP contribution in [0.4, 0.5) is 0 Å². The molecular weight excluding hydrogens is 214 g/mol. The summed E-state index contributed by atoms with van der Waals surface area (Å²) in [5, 5.41) is 8.60. The largest absolute Gasteiger partial charge is 0.395 e. The lowest BCUT2D eigenvalue weighted by Gasteiger charge is -2.22. The monoisotopic (exact) mass is 237 g/mol. The van der Waals surface area contributed by atoms with E-state index in [4.69, 9.17) is 5.11 Å². The van der Waals surface area contributed by atoms with Gasteiger partial charge in [0, 0.05) is 6.04 Å². The Morgan fingerprint density at radius 2 is 1.80 bits per heavy atom. The van der Waals surface area contributed by atoms with Crippen molar-refractivity contribution in [2.75, 3.05) is 26.0 Å². The molecule has 0 bridgehead atoms. The molecule has 0 saturated carbocycles. The number of rotatable bonds is 7. The maximum atomic E-state index is 11.5. The predicted molar refractivity (Wildman–Crippen MR) is 62.7 cm³/mol. The van der Waals surface area contributed by atoms with E-state index in [-0.39, 0.29) is 23.7 Å². The fourth-order valence-electron chi connectivity index (χ4n) is 1.11. The molecule has 15 heavy (non-hydrogen) atoms. The molecule has 0 spiro atoms. The van der Waals surface area contributed by atoms with Crippen molar-refractivity contribution in [2.24, 2.45) is 0 Å². The van der Waals surface area contributed by atoms with Gasteiger partial charge in [-0.05, 0) is 40.8 Å². The molecule has 1 unspecified atom stereocenters. The Labute approximate surface area is 93.2 Å². The second-order valence-corrected chi connectivity index (χ2v) is 6.96. The highest BCUT2D eigenvalue weighted by atomic mass is 32.2. The molecule has 0 fully saturated rings. The van der Waals surface area contributed by atoms with Crippen molar-refractivity contribution in [1.82, 2.24) is 4.90 Å². The zero-order chi connectivity index (χ0) is 12.1. The van der Waals surface area contributed by atoms with Crippen LogP contribution in [0.25, 0.3) is 0 Å². The lowest BCUT2D eigenvalue weighted by atomic mass is 10.3. The van der Waals surface area contributed by atoms with Gasteiger partial charge in [0.1, 0.15) is 0 Å². The van der Waals surface area contributed by atoms with Gasteiger partial charge in [0.15, 0.2) is 9.84 Å². The Kier molecular flexibility index (Phi) is 6.40. The standard InChI is InChI=1S/C10H23NO3S/c1-9(2)15(13,14)7-5-6-11(4)10(3)8-12/h9-10,12H,5-8H2,1-4H3. The van der Waals surface area contributed by atoms with Gasteiger partial charge >= 0.3 is 0 Å². The van der Waals surface area contributed by atoms with Crippen molar-refractivity contribution in [3.63, 3.8) is 0 Å². The molecule has 92 valence electrons. The maximum Gasteiger partial charge on any atom is 0.152 e. The van der Waals surface area contributed by atoms with Gasteiger partial charge in [-0.3, -0.25) is 0 Å². The van der Waals surface area contributed by atoms with Gasteiger partial charge in [0.25, 0.3) is 0 Å². The molecule has 1 atom stereocenters. The highest BCUT2D eigenvalue weighted by Gasteiger charge is 2.16. The first-order valence-corrected chi connectivity index (χ1v) is 7.05. The van der Waals surface area contributed by atoms with E-state index in [1.54, 1.807) is 13.8 Å². The molecule has 5 heteroatoms. The van der Waals surface area contributed by atoms with Crippen LogP contribution in [-0.2, 0) is 9.84 Å². The SMILES string of the molecule is CC(CO)N(C)CCCS(=O)(=O)C(C)C.